The van der Waals surface area contributed by atoms with Crippen molar-refractivity contribution in [2.75, 3.05) is 13.7 Å². The largest absolute Gasteiger partial charge is 0.497 e. The molecule has 2 amide bonds. The lowest BCUT2D eigenvalue weighted by Gasteiger charge is -2.23. The Balaban J connectivity index is 1.72. The van der Waals surface area contributed by atoms with Crippen LogP contribution < -0.4 is 26.8 Å². The molecule has 0 saturated heterocycles. The van der Waals surface area contributed by atoms with Gasteiger partial charge in [0.1, 0.15) is 24.1 Å². The summed E-state index contributed by atoms with van der Waals surface area (Å²) in [6, 6.07) is 9.83. The number of carbonyl (C=O) groups excluding carboxylic acids is 2. The average Bonchev–Trinajstić information content (AvgIpc) is 3.45. The molecule has 3 rings (SSSR count). The van der Waals surface area contributed by atoms with Gasteiger partial charge >= 0.3 is 5.97 Å². The lowest BCUT2D eigenvalue weighted by molar-refractivity contribution is -0.139. The molecule has 1 aromatic heterocycles. The predicted octanol–water partition coefficient (Wildman–Crippen LogP) is 3.08. The van der Waals surface area contributed by atoms with E-state index in [1.807, 2.05) is 57.2 Å². The van der Waals surface area contributed by atoms with Gasteiger partial charge in [-0.25, -0.2) is 9.78 Å². The van der Waals surface area contributed by atoms with Gasteiger partial charge < -0.3 is 36.4 Å². The fourth-order valence-electron chi connectivity index (χ4n) is 4.28. The third-order valence-electron chi connectivity index (χ3n) is 7.04. The Kier molecular flexibility index (Phi) is 10.7. The highest BCUT2D eigenvalue weighted by Crippen LogP contribution is 2.28. The van der Waals surface area contributed by atoms with Crippen LogP contribution in [0.5, 0.6) is 5.75 Å². The number of aliphatic carboxylic acids is 1. The number of aromatic nitrogens is 1. The van der Waals surface area contributed by atoms with Gasteiger partial charge in [0.05, 0.1) is 13.0 Å². The Morgan fingerprint density at radius 1 is 1.10 bits per heavy atom. The number of hydrogen-bond donors (Lipinski definition) is 5. The summed E-state index contributed by atoms with van der Waals surface area (Å²) in [6.45, 7) is 5.97. The second-order valence-electron chi connectivity index (χ2n) is 9.95. The highest BCUT2D eigenvalue weighted by Gasteiger charge is 2.29. The molecule has 12 nitrogen and oxygen atoms in total. The molecule has 0 aliphatic rings. The van der Waals surface area contributed by atoms with E-state index in [-0.39, 0.29) is 42.3 Å². The molecule has 0 aliphatic heterocycles. The normalized spacial score (nSPS) is 14.0. The van der Waals surface area contributed by atoms with Crippen molar-refractivity contribution >= 4 is 34.5 Å². The Morgan fingerprint density at radius 2 is 1.80 bits per heavy atom. The van der Waals surface area contributed by atoms with E-state index in [1.165, 1.54) is 0 Å². The van der Waals surface area contributed by atoms with Gasteiger partial charge in [-0.1, -0.05) is 44.5 Å². The SMILES string of the molecule is CCC(C)[C@H](NC(=O)C(C)c1ccc2cc(OC)ccc2c1)c1nc(C(=O)N[C@@H](CCCN=C(N)N)C(=O)O)co1. The van der Waals surface area contributed by atoms with Crippen molar-refractivity contribution in [1.82, 2.24) is 15.6 Å². The van der Waals surface area contributed by atoms with Gasteiger partial charge in [0.25, 0.3) is 5.91 Å². The van der Waals surface area contributed by atoms with E-state index < -0.39 is 29.9 Å². The van der Waals surface area contributed by atoms with Crippen LogP contribution in [0.25, 0.3) is 10.8 Å². The molecule has 0 spiro atoms. The topological polar surface area (TPSA) is 195 Å². The molecule has 2 unspecified atom stereocenters. The highest BCUT2D eigenvalue weighted by atomic mass is 16.5. The number of hydrogen-bond acceptors (Lipinski definition) is 7. The van der Waals surface area contributed by atoms with Crippen molar-refractivity contribution in [3.05, 3.63) is 59.8 Å². The molecule has 220 valence electrons. The van der Waals surface area contributed by atoms with Crippen LogP contribution in [0.3, 0.4) is 0 Å². The lowest BCUT2D eigenvalue weighted by Crippen LogP contribution is -2.41. The summed E-state index contributed by atoms with van der Waals surface area (Å²) in [5, 5.41) is 17.0. The van der Waals surface area contributed by atoms with Gasteiger partial charge in [0.15, 0.2) is 11.7 Å². The number of methoxy groups -OCH3 is 1. The van der Waals surface area contributed by atoms with E-state index in [0.717, 1.165) is 28.3 Å². The number of nitrogens with zero attached hydrogens (tertiary/aromatic N) is 2. The van der Waals surface area contributed by atoms with E-state index in [0.29, 0.717) is 12.8 Å². The number of carboxylic acid groups (broad SMARTS) is 1. The van der Waals surface area contributed by atoms with Crippen LogP contribution in [0, 0.1) is 5.92 Å². The minimum absolute atomic E-state index is 0.0629. The number of rotatable bonds is 14. The van der Waals surface area contributed by atoms with Crippen LogP contribution >= 0.6 is 0 Å². The van der Waals surface area contributed by atoms with E-state index >= 15 is 0 Å². The van der Waals surface area contributed by atoms with Gasteiger partial charge in [-0.2, -0.15) is 0 Å². The van der Waals surface area contributed by atoms with Crippen molar-refractivity contribution in [2.45, 2.75) is 58.0 Å². The highest BCUT2D eigenvalue weighted by molar-refractivity contribution is 5.94. The van der Waals surface area contributed by atoms with Crippen molar-refractivity contribution in [2.24, 2.45) is 22.4 Å². The molecule has 2 aromatic carbocycles. The number of benzene rings is 2. The van der Waals surface area contributed by atoms with Gasteiger partial charge in [-0.05, 0) is 54.2 Å². The number of nitrogens with one attached hydrogen (secondary N) is 2. The Labute approximate surface area is 238 Å². The summed E-state index contributed by atoms with van der Waals surface area (Å²) in [5.41, 5.74) is 11.3. The second-order valence-corrected chi connectivity index (χ2v) is 9.95. The van der Waals surface area contributed by atoms with E-state index in [9.17, 15) is 19.5 Å². The number of aliphatic imine (C=N–C) groups is 1. The number of oxazole rings is 1. The summed E-state index contributed by atoms with van der Waals surface area (Å²) in [6.07, 6.45) is 2.34. The molecule has 0 aliphatic carbocycles. The van der Waals surface area contributed by atoms with E-state index in [4.69, 9.17) is 20.6 Å². The van der Waals surface area contributed by atoms with Crippen molar-refractivity contribution in [1.29, 1.82) is 0 Å². The summed E-state index contributed by atoms with van der Waals surface area (Å²) in [7, 11) is 1.62. The maximum absolute atomic E-state index is 13.3. The molecule has 12 heteroatoms. The molecule has 0 fully saturated rings. The number of carboxylic acids is 1. The molecule has 41 heavy (non-hydrogen) atoms. The van der Waals surface area contributed by atoms with Gasteiger partial charge in [-0.3, -0.25) is 14.6 Å². The fourth-order valence-corrected chi connectivity index (χ4v) is 4.28. The first-order chi connectivity index (χ1) is 19.5. The maximum atomic E-state index is 13.3. The zero-order valence-electron chi connectivity index (χ0n) is 23.7. The summed E-state index contributed by atoms with van der Waals surface area (Å²) in [4.78, 5) is 45.9. The molecule has 0 bridgehead atoms. The average molecular weight is 567 g/mol. The number of ether oxygens (including phenoxy) is 1. The quantitative estimate of drug-likeness (QED) is 0.111. The number of amides is 2. The van der Waals surface area contributed by atoms with Crippen LogP contribution in [-0.4, -0.2) is 53.5 Å². The first kappa shape index (κ1) is 30.9. The standard InChI is InChI=1S/C29H38N6O6/c1-5-16(2)24(35-25(36)17(3)18-8-9-20-14-21(40-4)11-10-19(20)13-18)27-34-23(15-41-27)26(37)33-22(28(38)39)7-6-12-32-29(30)31/h8-11,13-17,22,24H,5-7,12H2,1-4H3,(H,33,37)(H,35,36)(H,38,39)(H4,30,31,32)/t16?,17?,22-,24-/m0/s1. The van der Waals surface area contributed by atoms with Crippen LogP contribution in [0.1, 0.15) is 73.9 Å². The predicted molar refractivity (Wildman–Crippen MR) is 155 cm³/mol. The fraction of sp³-hybridized carbons (Fsp3) is 0.414. The maximum Gasteiger partial charge on any atom is 0.326 e. The molecule has 0 radical (unpaired) electrons. The number of guanidine groups is 1. The molecule has 3 aromatic rings. The molecular weight excluding hydrogens is 528 g/mol. The Hall–Kier alpha value is -4.61. The third kappa shape index (κ3) is 8.19. The van der Waals surface area contributed by atoms with Gasteiger partial charge in [0.2, 0.25) is 11.8 Å². The van der Waals surface area contributed by atoms with Crippen molar-refractivity contribution in [3.8, 4) is 5.75 Å². The molecule has 0 saturated carbocycles. The summed E-state index contributed by atoms with van der Waals surface area (Å²) < 4.78 is 10.9. The lowest BCUT2D eigenvalue weighted by atomic mass is 9.94. The van der Waals surface area contributed by atoms with Gasteiger partial charge in [-0.15, -0.1) is 0 Å². The minimum Gasteiger partial charge on any atom is -0.497 e. The number of fused-ring (bicyclic) bond motifs is 1. The molecular formula is C29H38N6O6. The van der Waals surface area contributed by atoms with E-state index in [2.05, 4.69) is 20.6 Å². The summed E-state index contributed by atoms with van der Waals surface area (Å²) in [5.74, 6) is -1.83. The van der Waals surface area contributed by atoms with Crippen LogP contribution in [-0.2, 0) is 9.59 Å². The molecule has 4 atom stereocenters. The Bertz CT molecular complexity index is 1400. The first-order valence-corrected chi connectivity index (χ1v) is 13.5. The monoisotopic (exact) mass is 566 g/mol. The third-order valence-corrected chi connectivity index (χ3v) is 7.04. The summed E-state index contributed by atoms with van der Waals surface area (Å²) >= 11 is 0. The van der Waals surface area contributed by atoms with Crippen LogP contribution in [0.4, 0.5) is 0 Å². The zero-order chi connectivity index (χ0) is 30.1. The van der Waals surface area contributed by atoms with Crippen molar-refractivity contribution in [3.63, 3.8) is 0 Å². The van der Waals surface area contributed by atoms with Crippen LogP contribution in [0.2, 0.25) is 0 Å². The van der Waals surface area contributed by atoms with Gasteiger partial charge in [0, 0.05) is 6.54 Å². The van der Waals surface area contributed by atoms with E-state index in [1.54, 1.807) is 7.11 Å². The molecule has 7 N–H and O–H groups in total. The number of carbonyl (C=O) groups is 3. The first-order valence-electron chi connectivity index (χ1n) is 13.5. The molecule has 1 heterocycles. The van der Waals surface area contributed by atoms with Crippen molar-refractivity contribution < 1.29 is 28.6 Å². The minimum atomic E-state index is -1.20. The Morgan fingerprint density at radius 3 is 2.46 bits per heavy atom. The zero-order valence-corrected chi connectivity index (χ0v) is 23.7. The smallest absolute Gasteiger partial charge is 0.326 e. The van der Waals surface area contributed by atoms with Crippen LogP contribution in [0.15, 0.2) is 52.1 Å². The number of nitrogens with two attached hydrogens (primary N) is 2. The second kappa shape index (κ2) is 14.1.